The highest BCUT2D eigenvalue weighted by atomic mass is 32.2. The van der Waals surface area contributed by atoms with Gasteiger partial charge in [0, 0.05) is 12.6 Å². The summed E-state index contributed by atoms with van der Waals surface area (Å²) < 4.78 is 24.8. The number of rotatable bonds is 4. The van der Waals surface area contributed by atoms with E-state index in [9.17, 15) is 8.42 Å². The Kier molecular flexibility index (Phi) is 3.70. The first-order valence-electron chi connectivity index (χ1n) is 4.76. The van der Waals surface area contributed by atoms with Gasteiger partial charge < -0.3 is 5.73 Å². The molecular weight excluding hydrogens is 188 g/mol. The quantitative estimate of drug-likeness (QED) is 0.683. The molecule has 3 N–H and O–H groups in total. The first kappa shape index (κ1) is 10.9. The van der Waals surface area contributed by atoms with E-state index < -0.39 is 10.0 Å². The molecule has 0 heterocycles. The van der Waals surface area contributed by atoms with Crippen molar-refractivity contribution in [2.75, 3.05) is 12.3 Å². The lowest BCUT2D eigenvalue weighted by Gasteiger charge is -2.10. The number of hydrogen-bond acceptors (Lipinski definition) is 3. The van der Waals surface area contributed by atoms with E-state index in [4.69, 9.17) is 5.73 Å². The van der Waals surface area contributed by atoms with E-state index in [1.807, 2.05) is 0 Å². The Bertz CT molecular complexity index is 251. The third-order valence-electron chi connectivity index (χ3n) is 2.55. The maximum absolute atomic E-state index is 11.1. The molecule has 0 spiro atoms. The zero-order valence-electron chi connectivity index (χ0n) is 7.99. The van der Waals surface area contributed by atoms with Gasteiger partial charge in [-0.15, -0.1) is 0 Å². The summed E-state index contributed by atoms with van der Waals surface area (Å²) in [6.07, 6.45) is 3.03. The summed E-state index contributed by atoms with van der Waals surface area (Å²) in [7, 11) is -3.02. The third-order valence-corrected chi connectivity index (χ3v) is 3.92. The summed E-state index contributed by atoms with van der Waals surface area (Å²) in [6, 6.07) is 0.274. The molecule has 1 rings (SSSR count). The summed E-state index contributed by atoms with van der Waals surface area (Å²) in [5, 5.41) is 0. The maximum Gasteiger partial charge on any atom is 0.211 e. The second-order valence-corrected chi connectivity index (χ2v) is 5.79. The van der Waals surface area contributed by atoms with E-state index in [1.165, 1.54) is 0 Å². The number of nitrogens with one attached hydrogen (secondary N) is 1. The van der Waals surface area contributed by atoms with E-state index in [1.54, 1.807) is 6.92 Å². The van der Waals surface area contributed by atoms with E-state index in [0.29, 0.717) is 12.5 Å². The molecule has 4 nitrogen and oxygen atoms in total. The standard InChI is InChI=1S/C8H18N2O2S/c1-2-13(11,12)10-6-7-3-4-8(9)5-7/h7-8,10H,2-6,9H2,1H3/t7-,8+/m1/s1. The normalized spacial score (nSPS) is 29.4. The van der Waals surface area contributed by atoms with Crippen LogP contribution in [0.5, 0.6) is 0 Å². The molecule has 0 aromatic heterocycles. The Balaban J connectivity index is 2.27. The second-order valence-electron chi connectivity index (χ2n) is 3.69. The highest BCUT2D eigenvalue weighted by molar-refractivity contribution is 7.89. The molecule has 0 bridgehead atoms. The molecule has 1 fully saturated rings. The fourth-order valence-electron chi connectivity index (χ4n) is 1.65. The van der Waals surface area contributed by atoms with Crippen molar-refractivity contribution in [2.45, 2.75) is 32.2 Å². The SMILES string of the molecule is CCS(=O)(=O)NC[C@@H]1CC[C@H](N)C1. The van der Waals surface area contributed by atoms with Gasteiger partial charge >= 0.3 is 0 Å². The van der Waals surface area contributed by atoms with E-state index in [0.717, 1.165) is 19.3 Å². The smallest absolute Gasteiger partial charge is 0.211 e. The zero-order valence-corrected chi connectivity index (χ0v) is 8.81. The van der Waals surface area contributed by atoms with Crippen molar-refractivity contribution in [2.24, 2.45) is 11.7 Å². The van der Waals surface area contributed by atoms with Crippen molar-refractivity contribution >= 4 is 10.0 Å². The van der Waals surface area contributed by atoms with Gasteiger partial charge in [-0.25, -0.2) is 13.1 Å². The van der Waals surface area contributed by atoms with Gasteiger partial charge in [0.25, 0.3) is 0 Å². The number of sulfonamides is 1. The predicted molar refractivity (Wildman–Crippen MR) is 52.8 cm³/mol. The Labute approximate surface area is 79.9 Å². The second kappa shape index (κ2) is 4.39. The van der Waals surface area contributed by atoms with Crippen LogP contribution in [0.15, 0.2) is 0 Å². The van der Waals surface area contributed by atoms with Crippen molar-refractivity contribution in [3.8, 4) is 0 Å². The van der Waals surface area contributed by atoms with Gasteiger partial charge in [0.1, 0.15) is 0 Å². The van der Waals surface area contributed by atoms with Crippen molar-refractivity contribution in [1.29, 1.82) is 0 Å². The lowest BCUT2D eigenvalue weighted by atomic mass is 10.1. The van der Waals surface area contributed by atoms with E-state index in [2.05, 4.69) is 4.72 Å². The van der Waals surface area contributed by atoms with Crippen molar-refractivity contribution in [1.82, 2.24) is 4.72 Å². The van der Waals surface area contributed by atoms with E-state index >= 15 is 0 Å². The summed E-state index contributed by atoms with van der Waals surface area (Å²) in [5.74, 6) is 0.600. The van der Waals surface area contributed by atoms with Gasteiger partial charge in [-0.3, -0.25) is 0 Å². The molecule has 0 unspecified atom stereocenters. The summed E-state index contributed by atoms with van der Waals surface area (Å²) in [5.41, 5.74) is 5.72. The molecule has 1 saturated carbocycles. The summed E-state index contributed by atoms with van der Waals surface area (Å²) >= 11 is 0. The fraction of sp³-hybridized carbons (Fsp3) is 1.00. The molecule has 0 radical (unpaired) electrons. The largest absolute Gasteiger partial charge is 0.328 e. The molecule has 0 aliphatic heterocycles. The average molecular weight is 206 g/mol. The highest BCUT2D eigenvalue weighted by Gasteiger charge is 2.22. The molecule has 1 aliphatic carbocycles. The lowest BCUT2D eigenvalue weighted by Crippen LogP contribution is -2.30. The van der Waals surface area contributed by atoms with Crippen molar-refractivity contribution < 1.29 is 8.42 Å². The fourth-order valence-corrected chi connectivity index (χ4v) is 2.34. The van der Waals surface area contributed by atoms with Crippen LogP contribution in [0.1, 0.15) is 26.2 Å². The van der Waals surface area contributed by atoms with Crippen LogP contribution in [0.4, 0.5) is 0 Å². The van der Waals surface area contributed by atoms with Crippen LogP contribution in [0, 0.1) is 5.92 Å². The Morgan fingerprint density at radius 3 is 2.62 bits per heavy atom. The maximum atomic E-state index is 11.1. The van der Waals surface area contributed by atoms with Crippen LogP contribution in [0.2, 0.25) is 0 Å². The molecule has 0 aromatic rings. The molecule has 5 heteroatoms. The van der Waals surface area contributed by atoms with E-state index in [-0.39, 0.29) is 11.8 Å². The first-order valence-corrected chi connectivity index (χ1v) is 6.41. The van der Waals surface area contributed by atoms with Crippen LogP contribution >= 0.6 is 0 Å². The van der Waals surface area contributed by atoms with Crippen LogP contribution in [0.3, 0.4) is 0 Å². The van der Waals surface area contributed by atoms with Gasteiger partial charge in [-0.1, -0.05) is 0 Å². The highest BCUT2D eigenvalue weighted by Crippen LogP contribution is 2.23. The zero-order chi connectivity index (χ0) is 9.90. The minimum absolute atomic E-state index is 0.159. The van der Waals surface area contributed by atoms with Gasteiger partial charge in [0.15, 0.2) is 0 Å². The van der Waals surface area contributed by atoms with Crippen LogP contribution in [-0.2, 0) is 10.0 Å². The van der Waals surface area contributed by atoms with Gasteiger partial charge in [0.05, 0.1) is 5.75 Å². The minimum atomic E-state index is -3.02. The molecule has 1 aliphatic rings. The third kappa shape index (κ3) is 3.62. The van der Waals surface area contributed by atoms with Crippen LogP contribution < -0.4 is 10.5 Å². The van der Waals surface area contributed by atoms with Gasteiger partial charge in [-0.05, 0) is 32.1 Å². The Hall–Kier alpha value is -0.130. The van der Waals surface area contributed by atoms with Crippen molar-refractivity contribution in [3.05, 3.63) is 0 Å². The van der Waals surface area contributed by atoms with Crippen LogP contribution in [0.25, 0.3) is 0 Å². The predicted octanol–water partition coefficient (Wildman–Crippen LogP) is 0.0531. The number of nitrogens with two attached hydrogens (primary N) is 1. The molecule has 2 atom stereocenters. The first-order chi connectivity index (χ1) is 6.03. The molecule has 0 amide bonds. The topological polar surface area (TPSA) is 72.2 Å². The number of hydrogen-bond donors (Lipinski definition) is 2. The molecular formula is C8H18N2O2S. The molecule has 0 aromatic carbocycles. The van der Waals surface area contributed by atoms with Crippen LogP contribution in [-0.4, -0.2) is 26.8 Å². The van der Waals surface area contributed by atoms with Gasteiger partial charge in [-0.2, -0.15) is 0 Å². The average Bonchev–Trinajstić information content (AvgIpc) is 2.48. The molecule has 0 saturated heterocycles. The molecule has 78 valence electrons. The summed E-state index contributed by atoms with van der Waals surface area (Å²) in [6.45, 7) is 2.20. The Morgan fingerprint density at radius 2 is 2.15 bits per heavy atom. The monoisotopic (exact) mass is 206 g/mol. The Morgan fingerprint density at radius 1 is 1.46 bits per heavy atom. The molecule has 13 heavy (non-hydrogen) atoms. The lowest BCUT2D eigenvalue weighted by molar-refractivity contribution is 0.513. The summed E-state index contributed by atoms with van der Waals surface area (Å²) in [4.78, 5) is 0. The van der Waals surface area contributed by atoms with Gasteiger partial charge in [0.2, 0.25) is 10.0 Å². The minimum Gasteiger partial charge on any atom is -0.328 e. The van der Waals surface area contributed by atoms with Crippen molar-refractivity contribution in [3.63, 3.8) is 0 Å².